The number of benzene rings is 2. The first-order valence-electron chi connectivity index (χ1n) is 7.91. The highest BCUT2D eigenvalue weighted by atomic mass is 79.9. The maximum Gasteiger partial charge on any atom is 0.246 e. The molecule has 2 aromatic carbocycles. The fraction of sp³-hybridized carbons (Fsp3) is 0.200. The topological polar surface area (TPSA) is 49.4 Å². The number of carbonyl (C=O) groups is 2. The second kappa shape index (κ2) is 8.62. The number of hydrogen-bond donors (Lipinski definition) is 1. The molecule has 25 heavy (non-hydrogen) atoms. The van der Waals surface area contributed by atoms with Crippen LogP contribution < -0.4 is 5.32 Å². The van der Waals surface area contributed by atoms with Crippen molar-refractivity contribution in [1.82, 2.24) is 4.90 Å². The van der Waals surface area contributed by atoms with Gasteiger partial charge in [-0.05, 0) is 54.8 Å². The zero-order valence-electron chi connectivity index (χ0n) is 14.5. The van der Waals surface area contributed by atoms with E-state index in [4.69, 9.17) is 0 Å². The van der Waals surface area contributed by atoms with E-state index in [2.05, 4.69) is 21.2 Å². The molecule has 2 aromatic rings. The predicted octanol–water partition coefficient (Wildman–Crippen LogP) is 4.18. The molecule has 0 spiro atoms. The lowest BCUT2D eigenvalue weighted by Crippen LogP contribution is -2.34. The molecule has 4 nitrogen and oxygen atoms in total. The molecule has 0 saturated carbocycles. The molecule has 0 aliphatic heterocycles. The maximum atomic E-state index is 12.2. The predicted molar refractivity (Wildman–Crippen MR) is 105 cm³/mol. The summed E-state index contributed by atoms with van der Waals surface area (Å²) < 4.78 is 0.948. The molecule has 2 amide bonds. The molecule has 1 N–H and O–H groups in total. The third kappa shape index (κ3) is 5.57. The van der Waals surface area contributed by atoms with Gasteiger partial charge in [0.15, 0.2) is 0 Å². The minimum atomic E-state index is -0.226. The molecule has 0 saturated heterocycles. The molecule has 130 valence electrons. The van der Waals surface area contributed by atoms with Gasteiger partial charge in [0.25, 0.3) is 0 Å². The maximum absolute atomic E-state index is 12.2. The van der Waals surface area contributed by atoms with Crippen molar-refractivity contribution in [2.24, 2.45) is 0 Å². The Morgan fingerprint density at radius 1 is 1.16 bits per heavy atom. The lowest BCUT2D eigenvalue weighted by Gasteiger charge is -2.16. The van der Waals surface area contributed by atoms with Gasteiger partial charge in [-0.25, -0.2) is 0 Å². The fourth-order valence-electron chi connectivity index (χ4n) is 2.27. The highest BCUT2D eigenvalue weighted by Gasteiger charge is 2.12. The van der Waals surface area contributed by atoms with Crippen LogP contribution >= 0.6 is 15.9 Å². The van der Waals surface area contributed by atoms with Crippen molar-refractivity contribution >= 4 is 39.5 Å². The van der Waals surface area contributed by atoms with Gasteiger partial charge in [0, 0.05) is 23.3 Å². The van der Waals surface area contributed by atoms with E-state index < -0.39 is 0 Å². The van der Waals surface area contributed by atoms with Crippen LogP contribution in [-0.4, -0.2) is 30.3 Å². The van der Waals surface area contributed by atoms with Crippen molar-refractivity contribution in [3.05, 3.63) is 69.7 Å². The van der Waals surface area contributed by atoms with E-state index in [0.29, 0.717) is 0 Å². The summed E-state index contributed by atoms with van der Waals surface area (Å²) >= 11 is 3.39. The zero-order chi connectivity index (χ0) is 18.4. The van der Waals surface area contributed by atoms with Gasteiger partial charge in [0.1, 0.15) is 0 Å². The lowest BCUT2D eigenvalue weighted by molar-refractivity contribution is -0.129. The van der Waals surface area contributed by atoms with Gasteiger partial charge >= 0.3 is 0 Å². The van der Waals surface area contributed by atoms with Crippen molar-refractivity contribution in [2.45, 2.75) is 13.8 Å². The summed E-state index contributed by atoms with van der Waals surface area (Å²) in [6.07, 6.45) is 3.19. The van der Waals surface area contributed by atoms with E-state index >= 15 is 0 Å². The van der Waals surface area contributed by atoms with Gasteiger partial charge in [-0.15, -0.1) is 0 Å². The van der Waals surface area contributed by atoms with Crippen LogP contribution in [0.15, 0.2) is 53.0 Å². The first kappa shape index (κ1) is 18.9. The Bertz CT molecular complexity index is 815. The number of nitrogens with zero attached hydrogens (tertiary/aromatic N) is 1. The van der Waals surface area contributed by atoms with E-state index in [1.807, 2.05) is 56.3 Å². The number of anilines is 1. The van der Waals surface area contributed by atoms with Gasteiger partial charge < -0.3 is 10.2 Å². The van der Waals surface area contributed by atoms with Crippen LogP contribution in [0, 0.1) is 13.8 Å². The number of aryl methyl sites for hydroxylation is 1. The van der Waals surface area contributed by atoms with E-state index in [1.54, 1.807) is 13.1 Å². The highest BCUT2D eigenvalue weighted by Crippen LogP contribution is 2.18. The quantitative estimate of drug-likeness (QED) is 0.765. The largest absolute Gasteiger partial charge is 0.333 e. The number of rotatable bonds is 5. The molecule has 0 aromatic heterocycles. The Labute approximate surface area is 156 Å². The van der Waals surface area contributed by atoms with Crippen LogP contribution in [0.2, 0.25) is 0 Å². The fourth-order valence-corrected chi connectivity index (χ4v) is 2.69. The SMILES string of the molecule is Cc1cccc(NC(=O)CN(C)C(=O)/C=C/c2cccc(Br)c2)c1C. The standard InChI is InChI=1S/C20H21BrN2O2/c1-14-6-4-9-18(15(14)2)22-19(24)13-23(3)20(25)11-10-16-7-5-8-17(21)12-16/h4-12H,13H2,1-3H3,(H,22,24)/b11-10+. The third-order valence-electron chi connectivity index (χ3n) is 3.90. The van der Waals surface area contributed by atoms with Gasteiger partial charge in [-0.3, -0.25) is 9.59 Å². The summed E-state index contributed by atoms with van der Waals surface area (Å²) in [5.74, 6) is -0.448. The lowest BCUT2D eigenvalue weighted by atomic mass is 10.1. The summed E-state index contributed by atoms with van der Waals surface area (Å²) in [6.45, 7) is 3.95. The van der Waals surface area contributed by atoms with E-state index in [0.717, 1.165) is 26.9 Å². The van der Waals surface area contributed by atoms with Crippen molar-refractivity contribution in [3.8, 4) is 0 Å². The molecule has 0 aliphatic carbocycles. The average Bonchev–Trinajstić information content (AvgIpc) is 2.56. The van der Waals surface area contributed by atoms with Crippen LogP contribution in [0.3, 0.4) is 0 Å². The molecule has 0 fully saturated rings. The normalized spacial score (nSPS) is 10.7. The number of amides is 2. The number of carbonyl (C=O) groups excluding carboxylic acids is 2. The molecule has 0 unspecified atom stereocenters. The average molecular weight is 401 g/mol. The Balaban J connectivity index is 1.94. The van der Waals surface area contributed by atoms with E-state index in [-0.39, 0.29) is 18.4 Å². The highest BCUT2D eigenvalue weighted by molar-refractivity contribution is 9.10. The Kier molecular flexibility index (Phi) is 6.53. The molecule has 0 aliphatic rings. The van der Waals surface area contributed by atoms with Crippen LogP contribution in [0.1, 0.15) is 16.7 Å². The summed E-state index contributed by atoms with van der Waals surface area (Å²) in [5, 5.41) is 2.85. The molecule has 0 heterocycles. The van der Waals surface area contributed by atoms with Crippen molar-refractivity contribution in [3.63, 3.8) is 0 Å². The van der Waals surface area contributed by atoms with Gasteiger partial charge in [-0.2, -0.15) is 0 Å². The van der Waals surface area contributed by atoms with E-state index in [1.165, 1.54) is 11.0 Å². The zero-order valence-corrected chi connectivity index (χ0v) is 16.1. The van der Waals surface area contributed by atoms with Crippen molar-refractivity contribution < 1.29 is 9.59 Å². The van der Waals surface area contributed by atoms with Crippen LogP contribution in [0.4, 0.5) is 5.69 Å². The van der Waals surface area contributed by atoms with Crippen molar-refractivity contribution in [1.29, 1.82) is 0 Å². The molecule has 0 atom stereocenters. The second-order valence-corrected chi connectivity index (χ2v) is 6.79. The number of hydrogen-bond acceptors (Lipinski definition) is 2. The molecule has 0 bridgehead atoms. The Morgan fingerprint density at radius 2 is 1.88 bits per heavy atom. The van der Waals surface area contributed by atoms with Crippen LogP contribution in [-0.2, 0) is 9.59 Å². The van der Waals surface area contributed by atoms with Gasteiger partial charge in [-0.1, -0.05) is 40.2 Å². The van der Waals surface area contributed by atoms with Crippen LogP contribution in [0.25, 0.3) is 6.08 Å². The Morgan fingerprint density at radius 3 is 2.60 bits per heavy atom. The van der Waals surface area contributed by atoms with Gasteiger partial charge in [0.2, 0.25) is 11.8 Å². The molecule has 2 rings (SSSR count). The smallest absolute Gasteiger partial charge is 0.246 e. The molecule has 0 radical (unpaired) electrons. The second-order valence-electron chi connectivity index (χ2n) is 5.88. The molecular weight excluding hydrogens is 380 g/mol. The minimum Gasteiger partial charge on any atom is -0.333 e. The molecule has 5 heteroatoms. The number of nitrogens with one attached hydrogen (secondary N) is 1. The Hall–Kier alpha value is -2.40. The summed E-state index contributed by atoms with van der Waals surface area (Å²) in [5.41, 5.74) is 3.82. The van der Waals surface area contributed by atoms with Gasteiger partial charge in [0.05, 0.1) is 6.54 Å². The summed E-state index contributed by atoms with van der Waals surface area (Å²) in [4.78, 5) is 25.7. The summed E-state index contributed by atoms with van der Waals surface area (Å²) in [7, 11) is 1.61. The van der Waals surface area contributed by atoms with Crippen LogP contribution in [0.5, 0.6) is 0 Å². The van der Waals surface area contributed by atoms with E-state index in [9.17, 15) is 9.59 Å². The monoisotopic (exact) mass is 400 g/mol. The number of likely N-dealkylation sites (N-methyl/N-ethyl adjacent to an activating group) is 1. The minimum absolute atomic E-state index is 0.00492. The van der Waals surface area contributed by atoms with Crippen molar-refractivity contribution in [2.75, 3.05) is 18.9 Å². The third-order valence-corrected chi connectivity index (χ3v) is 4.40. The molecular formula is C20H21BrN2O2. The first-order valence-corrected chi connectivity index (χ1v) is 8.71. The summed E-state index contributed by atoms with van der Waals surface area (Å²) in [6, 6.07) is 13.4. The first-order chi connectivity index (χ1) is 11.9. The number of halogens is 1.